The van der Waals surface area contributed by atoms with Crippen molar-refractivity contribution in [2.45, 2.75) is 19.4 Å². The summed E-state index contributed by atoms with van der Waals surface area (Å²) in [6.45, 7) is 2.64. The van der Waals surface area contributed by atoms with E-state index in [1.807, 2.05) is 25.1 Å². The Bertz CT molecular complexity index is 675. The average molecular weight is 364 g/mol. The second kappa shape index (κ2) is 9.79. The summed E-state index contributed by atoms with van der Waals surface area (Å²) in [4.78, 5) is 12.2. The topological polar surface area (TPSA) is 56.8 Å². The number of nitrogens with one attached hydrogen (secondary N) is 1. The SMILES string of the molecule is CC[C@@H](Oc1ccc(Cl)cc1)C(=O)NCCOc1cccc(OC)c1. The Morgan fingerprint density at radius 1 is 1.12 bits per heavy atom. The number of rotatable bonds is 9. The molecule has 1 atom stereocenters. The molecule has 0 bridgehead atoms. The van der Waals surface area contributed by atoms with E-state index in [1.54, 1.807) is 37.4 Å². The van der Waals surface area contributed by atoms with Crippen molar-refractivity contribution < 1.29 is 19.0 Å². The lowest BCUT2D eigenvalue weighted by Gasteiger charge is -2.17. The first kappa shape index (κ1) is 18.9. The normalized spacial score (nSPS) is 11.5. The summed E-state index contributed by atoms with van der Waals surface area (Å²) in [6.07, 6.45) is 0.00330. The van der Waals surface area contributed by atoms with Crippen molar-refractivity contribution >= 4 is 17.5 Å². The van der Waals surface area contributed by atoms with Gasteiger partial charge in [0.15, 0.2) is 6.10 Å². The zero-order valence-corrected chi connectivity index (χ0v) is 15.1. The van der Waals surface area contributed by atoms with Gasteiger partial charge in [0.1, 0.15) is 23.9 Å². The lowest BCUT2D eigenvalue weighted by molar-refractivity contribution is -0.128. The van der Waals surface area contributed by atoms with Crippen LogP contribution in [0.3, 0.4) is 0 Å². The lowest BCUT2D eigenvalue weighted by atomic mass is 10.2. The summed E-state index contributed by atoms with van der Waals surface area (Å²) >= 11 is 5.84. The third kappa shape index (κ3) is 6.19. The van der Waals surface area contributed by atoms with Crippen LogP contribution < -0.4 is 19.5 Å². The van der Waals surface area contributed by atoms with Gasteiger partial charge in [-0.05, 0) is 42.8 Å². The summed E-state index contributed by atoms with van der Waals surface area (Å²) in [5.74, 6) is 1.85. The van der Waals surface area contributed by atoms with Crippen molar-refractivity contribution in [3.8, 4) is 17.2 Å². The maximum atomic E-state index is 12.2. The highest BCUT2D eigenvalue weighted by Gasteiger charge is 2.17. The van der Waals surface area contributed by atoms with Gasteiger partial charge in [0.25, 0.3) is 5.91 Å². The van der Waals surface area contributed by atoms with Crippen LogP contribution in [0.15, 0.2) is 48.5 Å². The third-order valence-corrected chi connectivity index (χ3v) is 3.72. The van der Waals surface area contributed by atoms with Crippen LogP contribution in [0.1, 0.15) is 13.3 Å². The molecule has 0 saturated heterocycles. The van der Waals surface area contributed by atoms with Crippen molar-refractivity contribution in [3.63, 3.8) is 0 Å². The van der Waals surface area contributed by atoms with Crippen molar-refractivity contribution in [2.24, 2.45) is 0 Å². The second-order valence-corrected chi connectivity index (χ2v) is 5.72. The van der Waals surface area contributed by atoms with Crippen LogP contribution in [0, 0.1) is 0 Å². The minimum Gasteiger partial charge on any atom is -0.497 e. The molecule has 0 unspecified atom stereocenters. The highest BCUT2D eigenvalue weighted by atomic mass is 35.5. The standard InChI is InChI=1S/C19H22ClNO4/c1-3-18(25-15-9-7-14(20)8-10-15)19(22)21-11-12-24-17-6-4-5-16(13-17)23-2/h4-10,13,18H,3,11-12H2,1-2H3,(H,21,22)/t18-/m1/s1. The fourth-order valence-electron chi connectivity index (χ4n) is 2.15. The molecule has 0 aliphatic rings. The number of methoxy groups -OCH3 is 1. The fourth-order valence-corrected chi connectivity index (χ4v) is 2.27. The molecule has 2 rings (SSSR count). The highest BCUT2D eigenvalue weighted by Crippen LogP contribution is 2.19. The Balaban J connectivity index is 1.76. The largest absolute Gasteiger partial charge is 0.497 e. The van der Waals surface area contributed by atoms with E-state index in [4.69, 9.17) is 25.8 Å². The summed E-state index contributed by atoms with van der Waals surface area (Å²) in [5, 5.41) is 3.44. The smallest absolute Gasteiger partial charge is 0.261 e. The molecular formula is C19H22ClNO4. The van der Waals surface area contributed by atoms with Crippen molar-refractivity contribution in [1.29, 1.82) is 0 Å². The molecule has 0 saturated carbocycles. The Morgan fingerprint density at radius 2 is 1.84 bits per heavy atom. The number of amides is 1. The number of ether oxygens (including phenoxy) is 3. The van der Waals surface area contributed by atoms with E-state index in [0.717, 1.165) is 5.75 Å². The van der Waals surface area contributed by atoms with Crippen LogP contribution >= 0.6 is 11.6 Å². The molecule has 0 aliphatic carbocycles. The van der Waals surface area contributed by atoms with Crippen LogP contribution in [0.4, 0.5) is 0 Å². The van der Waals surface area contributed by atoms with E-state index >= 15 is 0 Å². The number of halogens is 1. The quantitative estimate of drug-likeness (QED) is 0.690. The van der Waals surface area contributed by atoms with Gasteiger partial charge in [-0.1, -0.05) is 24.6 Å². The van der Waals surface area contributed by atoms with Gasteiger partial charge in [-0.15, -0.1) is 0 Å². The van der Waals surface area contributed by atoms with Crippen molar-refractivity contribution in [2.75, 3.05) is 20.3 Å². The number of carbonyl (C=O) groups is 1. The second-order valence-electron chi connectivity index (χ2n) is 5.29. The van der Waals surface area contributed by atoms with Crippen LogP contribution in [0.5, 0.6) is 17.2 Å². The summed E-state index contributed by atoms with van der Waals surface area (Å²) in [7, 11) is 1.60. The maximum absolute atomic E-state index is 12.2. The van der Waals surface area contributed by atoms with Gasteiger partial charge >= 0.3 is 0 Å². The molecular weight excluding hydrogens is 342 g/mol. The third-order valence-electron chi connectivity index (χ3n) is 3.47. The zero-order chi connectivity index (χ0) is 18.1. The van der Waals surface area contributed by atoms with Crippen molar-refractivity contribution in [1.82, 2.24) is 5.32 Å². The Kier molecular flexibility index (Phi) is 7.41. The highest BCUT2D eigenvalue weighted by molar-refractivity contribution is 6.30. The molecule has 134 valence electrons. The molecule has 5 nitrogen and oxygen atoms in total. The monoisotopic (exact) mass is 363 g/mol. The molecule has 2 aromatic carbocycles. The maximum Gasteiger partial charge on any atom is 0.261 e. The van der Waals surface area contributed by atoms with Crippen LogP contribution in [-0.2, 0) is 4.79 Å². The van der Waals surface area contributed by atoms with Crippen LogP contribution in [0.25, 0.3) is 0 Å². The van der Waals surface area contributed by atoms with Gasteiger partial charge < -0.3 is 19.5 Å². The van der Waals surface area contributed by atoms with Crippen molar-refractivity contribution in [3.05, 3.63) is 53.6 Å². The summed E-state index contributed by atoms with van der Waals surface area (Å²) in [5.41, 5.74) is 0. The molecule has 2 aromatic rings. The Labute approximate surface area is 152 Å². The number of hydrogen-bond acceptors (Lipinski definition) is 4. The molecule has 1 amide bonds. The van der Waals surface area contributed by atoms with Gasteiger partial charge in [-0.2, -0.15) is 0 Å². The molecule has 0 radical (unpaired) electrons. The van der Waals surface area contributed by atoms with Gasteiger partial charge in [0, 0.05) is 11.1 Å². The molecule has 0 aliphatic heterocycles. The minimum atomic E-state index is -0.557. The molecule has 1 N–H and O–H groups in total. The number of hydrogen-bond donors (Lipinski definition) is 1. The van der Waals surface area contributed by atoms with Crippen LogP contribution in [-0.4, -0.2) is 32.3 Å². The molecule has 0 fully saturated rings. The number of benzene rings is 2. The fraction of sp³-hybridized carbons (Fsp3) is 0.316. The summed E-state index contributed by atoms with van der Waals surface area (Å²) < 4.78 is 16.4. The van der Waals surface area contributed by atoms with Gasteiger partial charge in [0.2, 0.25) is 0 Å². The molecule has 0 heterocycles. The van der Waals surface area contributed by atoms with Gasteiger partial charge in [-0.3, -0.25) is 4.79 Å². The zero-order valence-electron chi connectivity index (χ0n) is 14.3. The minimum absolute atomic E-state index is 0.174. The lowest BCUT2D eigenvalue weighted by Crippen LogP contribution is -2.39. The number of carbonyl (C=O) groups excluding carboxylic acids is 1. The van der Waals surface area contributed by atoms with Gasteiger partial charge in [0.05, 0.1) is 13.7 Å². The first-order valence-electron chi connectivity index (χ1n) is 8.09. The van der Waals surface area contributed by atoms with Gasteiger partial charge in [-0.25, -0.2) is 0 Å². The van der Waals surface area contributed by atoms with E-state index < -0.39 is 6.10 Å². The van der Waals surface area contributed by atoms with E-state index in [0.29, 0.717) is 36.1 Å². The molecule has 25 heavy (non-hydrogen) atoms. The summed E-state index contributed by atoms with van der Waals surface area (Å²) in [6, 6.07) is 14.2. The van der Waals surface area contributed by atoms with E-state index in [1.165, 1.54) is 0 Å². The van der Waals surface area contributed by atoms with E-state index in [-0.39, 0.29) is 5.91 Å². The van der Waals surface area contributed by atoms with E-state index in [2.05, 4.69) is 5.32 Å². The van der Waals surface area contributed by atoms with E-state index in [9.17, 15) is 4.79 Å². The molecule has 0 aromatic heterocycles. The molecule has 6 heteroatoms. The average Bonchev–Trinajstić information content (AvgIpc) is 2.64. The first-order chi connectivity index (χ1) is 12.1. The predicted molar refractivity (Wildman–Crippen MR) is 97.7 cm³/mol. The molecule has 0 spiro atoms. The first-order valence-corrected chi connectivity index (χ1v) is 8.47. The predicted octanol–water partition coefficient (Wildman–Crippen LogP) is 3.70. The Hall–Kier alpha value is -2.40. The Morgan fingerprint density at radius 3 is 2.52 bits per heavy atom. The van der Waals surface area contributed by atoms with Crippen LogP contribution in [0.2, 0.25) is 5.02 Å².